The van der Waals surface area contributed by atoms with Gasteiger partial charge in [0, 0.05) is 29.2 Å². The van der Waals surface area contributed by atoms with E-state index in [2.05, 4.69) is 80.6 Å². The highest BCUT2D eigenvalue weighted by Gasteiger charge is 2.34. The second-order valence-electron chi connectivity index (χ2n) is 8.56. The molecule has 2 heterocycles. The Morgan fingerprint density at radius 3 is 2.79 bits per heavy atom. The molecule has 0 radical (unpaired) electrons. The van der Waals surface area contributed by atoms with Gasteiger partial charge in [0.05, 0.1) is 12.3 Å². The van der Waals surface area contributed by atoms with Crippen LogP contribution >= 0.6 is 34.2 Å². The first-order chi connectivity index (χ1) is 14.0. The molecule has 0 aromatic carbocycles. The van der Waals surface area contributed by atoms with Gasteiger partial charge in [0.25, 0.3) is 0 Å². The SMILES string of the molecule is C/C=C(\C(=C\I)CCCC)N1CCC(C2=CCC3(C)CN=CN=C3C=C2Cl)CC1. The van der Waals surface area contributed by atoms with Crippen molar-refractivity contribution in [3.8, 4) is 0 Å². The fourth-order valence-electron chi connectivity index (χ4n) is 4.57. The number of allylic oxidation sites excluding steroid dienone is 6. The summed E-state index contributed by atoms with van der Waals surface area (Å²) < 4.78 is 2.27. The molecule has 0 saturated carbocycles. The number of piperidine rings is 1. The number of rotatable bonds is 6. The maximum Gasteiger partial charge on any atom is 0.110 e. The number of likely N-dealkylation sites (tertiary alicyclic amines) is 1. The minimum absolute atomic E-state index is 0.0191. The average molecular weight is 526 g/mol. The van der Waals surface area contributed by atoms with Crippen molar-refractivity contribution in [2.75, 3.05) is 19.6 Å². The fourth-order valence-corrected chi connectivity index (χ4v) is 5.53. The number of hydrogen-bond acceptors (Lipinski definition) is 3. The summed E-state index contributed by atoms with van der Waals surface area (Å²) in [5.74, 6) is 0.529. The van der Waals surface area contributed by atoms with E-state index in [9.17, 15) is 0 Å². The Morgan fingerprint density at radius 1 is 1.38 bits per heavy atom. The van der Waals surface area contributed by atoms with E-state index < -0.39 is 0 Å². The Kier molecular flexibility index (Phi) is 8.20. The van der Waals surface area contributed by atoms with Gasteiger partial charge in [-0.05, 0) is 66.3 Å². The summed E-state index contributed by atoms with van der Waals surface area (Å²) >= 11 is 9.19. The molecule has 2 aliphatic heterocycles. The minimum atomic E-state index is -0.0191. The summed E-state index contributed by atoms with van der Waals surface area (Å²) in [6.45, 7) is 9.66. The lowest BCUT2D eigenvalue weighted by atomic mass is 9.81. The smallest absolute Gasteiger partial charge is 0.110 e. The molecule has 3 rings (SSSR count). The first-order valence-electron chi connectivity index (χ1n) is 10.9. The van der Waals surface area contributed by atoms with Gasteiger partial charge in [-0.15, -0.1) is 0 Å². The third-order valence-corrected chi connectivity index (χ3v) is 7.54. The van der Waals surface area contributed by atoms with Crippen molar-refractivity contribution in [2.45, 2.75) is 59.3 Å². The minimum Gasteiger partial charge on any atom is -0.372 e. The van der Waals surface area contributed by atoms with Crippen molar-refractivity contribution >= 4 is 46.2 Å². The van der Waals surface area contributed by atoms with Crippen molar-refractivity contribution in [1.29, 1.82) is 0 Å². The normalized spacial score (nSPS) is 26.5. The molecule has 3 aliphatic rings. The molecule has 29 heavy (non-hydrogen) atoms. The molecule has 1 aliphatic carbocycles. The van der Waals surface area contributed by atoms with Crippen LogP contribution in [-0.2, 0) is 0 Å². The van der Waals surface area contributed by atoms with Gasteiger partial charge in [0.1, 0.15) is 6.34 Å². The number of nitrogens with zero attached hydrogens (tertiary/aromatic N) is 3. The Hall–Kier alpha value is -0.880. The zero-order chi connectivity index (χ0) is 20.9. The predicted octanol–water partition coefficient (Wildman–Crippen LogP) is 7.05. The molecule has 0 spiro atoms. The van der Waals surface area contributed by atoms with E-state index in [0.29, 0.717) is 5.92 Å². The lowest BCUT2D eigenvalue weighted by Gasteiger charge is -2.37. The van der Waals surface area contributed by atoms with Crippen LogP contribution < -0.4 is 0 Å². The first-order valence-corrected chi connectivity index (χ1v) is 12.5. The van der Waals surface area contributed by atoms with Crippen LogP contribution in [0.25, 0.3) is 0 Å². The van der Waals surface area contributed by atoms with Crippen LogP contribution in [0.2, 0.25) is 0 Å². The van der Waals surface area contributed by atoms with E-state index in [1.54, 1.807) is 6.34 Å². The van der Waals surface area contributed by atoms with Gasteiger partial charge in [0.2, 0.25) is 0 Å². The van der Waals surface area contributed by atoms with Crippen LogP contribution in [0.4, 0.5) is 0 Å². The molecule has 1 saturated heterocycles. The molecule has 3 nitrogen and oxygen atoms in total. The summed E-state index contributed by atoms with van der Waals surface area (Å²) in [7, 11) is 0. The summed E-state index contributed by atoms with van der Waals surface area (Å²) in [4.78, 5) is 11.5. The summed E-state index contributed by atoms with van der Waals surface area (Å²) in [5, 5.41) is 0.878. The lowest BCUT2D eigenvalue weighted by molar-refractivity contribution is 0.249. The number of hydrogen-bond donors (Lipinski definition) is 0. The largest absolute Gasteiger partial charge is 0.372 e. The van der Waals surface area contributed by atoms with Crippen LogP contribution in [0.5, 0.6) is 0 Å². The Morgan fingerprint density at radius 2 is 2.14 bits per heavy atom. The molecule has 0 aromatic rings. The van der Waals surface area contributed by atoms with Gasteiger partial charge in [-0.3, -0.25) is 4.99 Å². The van der Waals surface area contributed by atoms with Crippen molar-refractivity contribution in [2.24, 2.45) is 21.3 Å². The molecule has 1 fully saturated rings. The highest BCUT2D eigenvalue weighted by atomic mass is 127. The fraction of sp³-hybridized carbons (Fsp3) is 0.583. The molecule has 158 valence electrons. The van der Waals surface area contributed by atoms with Crippen LogP contribution in [0.1, 0.15) is 59.3 Å². The molecule has 1 unspecified atom stereocenters. The zero-order valence-corrected chi connectivity index (χ0v) is 20.8. The second-order valence-corrected chi connectivity index (χ2v) is 9.59. The van der Waals surface area contributed by atoms with Gasteiger partial charge in [-0.2, -0.15) is 0 Å². The summed E-state index contributed by atoms with van der Waals surface area (Å²) in [5.41, 5.74) is 5.28. The van der Waals surface area contributed by atoms with Crippen LogP contribution in [0, 0.1) is 11.3 Å². The van der Waals surface area contributed by atoms with Gasteiger partial charge in [0.15, 0.2) is 0 Å². The molecule has 0 bridgehead atoms. The van der Waals surface area contributed by atoms with Gasteiger partial charge in [-0.25, -0.2) is 4.99 Å². The molecule has 0 aromatic heterocycles. The molecular weight excluding hydrogens is 493 g/mol. The average Bonchev–Trinajstić information content (AvgIpc) is 2.86. The highest BCUT2D eigenvalue weighted by molar-refractivity contribution is 14.1. The maximum absolute atomic E-state index is 6.79. The third kappa shape index (κ3) is 5.25. The molecule has 5 heteroatoms. The van der Waals surface area contributed by atoms with E-state index in [1.807, 2.05) is 0 Å². The van der Waals surface area contributed by atoms with Crippen LogP contribution in [0.15, 0.2) is 54.2 Å². The topological polar surface area (TPSA) is 28.0 Å². The summed E-state index contributed by atoms with van der Waals surface area (Å²) in [6.07, 6.45) is 15.4. The van der Waals surface area contributed by atoms with Crippen molar-refractivity contribution in [3.05, 3.63) is 44.2 Å². The van der Waals surface area contributed by atoms with Crippen molar-refractivity contribution in [3.63, 3.8) is 0 Å². The van der Waals surface area contributed by atoms with E-state index >= 15 is 0 Å². The van der Waals surface area contributed by atoms with Crippen molar-refractivity contribution in [1.82, 2.24) is 4.90 Å². The Balaban J connectivity index is 1.69. The van der Waals surface area contributed by atoms with E-state index in [-0.39, 0.29) is 5.41 Å². The van der Waals surface area contributed by atoms with Gasteiger partial charge >= 0.3 is 0 Å². The number of aliphatic imine (C=N–C) groups is 2. The van der Waals surface area contributed by atoms with E-state index in [4.69, 9.17) is 11.6 Å². The Labute approximate surface area is 194 Å². The van der Waals surface area contributed by atoms with Gasteiger partial charge in [-0.1, -0.05) is 66.6 Å². The zero-order valence-electron chi connectivity index (χ0n) is 17.9. The number of halogens is 2. The Bertz CT molecular complexity index is 782. The standard InChI is InChI=1S/C24H33ClIN3/c1-4-6-7-19(15-26)22(5-2)29-12-9-18(10-13-29)20-8-11-24(3)16-27-17-28-23(24)14-21(20)25/h5,8,14-15,17-18H,4,6-7,9-13,16H2,1-3H3/b19-15+,22-5+. The molecule has 0 N–H and O–H groups in total. The summed E-state index contributed by atoms with van der Waals surface area (Å²) in [6, 6.07) is 0. The van der Waals surface area contributed by atoms with Crippen LogP contribution in [0.3, 0.4) is 0 Å². The monoisotopic (exact) mass is 525 g/mol. The highest BCUT2D eigenvalue weighted by Crippen LogP contribution is 2.39. The van der Waals surface area contributed by atoms with Crippen LogP contribution in [-0.4, -0.2) is 36.6 Å². The van der Waals surface area contributed by atoms with E-state index in [1.165, 1.54) is 36.1 Å². The molecular formula is C24H33ClIN3. The third-order valence-electron chi connectivity index (χ3n) is 6.46. The second kappa shape index (κ2) is 10.4. The maximum atomic E-state index is 6.79. The lowest BCUT2D eigenvalue weighted by Crippen LogP contribution is -2.34. The van der Waals surface area contributed by atoms with E-state index in [0.717, 1.165) is 49.6 Å². The molecule has 0 amide bonds. The predicted molar refractivity (Wildman–Crippen MR) is 135 cm³/mol. The molecule has 1 atom stereocenters. The first kappa shape index (κ1) is 22.8. The van der Waals surface area contributed by atoms with Gasteiger partial charge < -0.3 is 4.90 Å². The van der Waals surface area contributed by atoms with Crippen molar-refractivity contribution < 1.29 is 0 Å². The number of fused-ring (bicyclic) bond motifs is 1. The quantitative estimate of drug-likeness (QED) is 0.270. The number of unbranched alkanes of at least 4 members (excludes halogenated alkanes) is 1.